The fourth-order valence-corrected chi connectivity index (χ4v) is 2.53. The molecule has 1 amide bonds. The number of carbonyl (C=O) groups is 1. The van der Waals surface area contributed by atoms with Crippen LogP contribution < -0.4 is 5.32 Å². The zero-order valence-electron chi connectivity index (χ0n) is 13.3. The number of nitrogens with one attached hydrogen (secondary N) is 1. The molecular formula is C18H25NO2. The van der Waals surface area contributed by atoms with Crippen molar-refractivity contribution in [1.82, 2.24) is 5.32 Å². The van der Waals surface area contributed by atoms with E-state index in [1.807, 2.05) is 32.1 Å². The molecule has 1 fully saturated rings. The van der Waals surface area contributed by atoms with Gasteiger partial charge in [0.05, 0.1) is 6.10 Å². The maximum Gasteiger partial charge on any atom is 0.244 e. The first-order valence-electron chi connectivity index (χ1n) is 7.57. The Bertz CT molecular complexity index is 529. The maximum absolute atomic E-state index is 11.9. The van der Waals surface area contributed by atoms with Crippen molar-refractivity contribution >= 4 is 12.0 Å². The van der Waals surface area contributed by atoms with E-state index in [2.05, 4.69) is 31.3 Å². The average Bonchev–Trinajstić information content (AvgIpc) is 2.45. The molecule has 0 saturated heterocycles. The summed E-state index contributed by atoms with van der Waals surface area (Å²) >= 11 is 0. The van der Waals surface area contributed by atoms with Crippen LogP contribution in [0.25, 0.3) is 6.08 Å². The van der Waals surface area contributed by atoms with Crippen LogP contribution in [0.2, 0.25) is 0 Å². The number of hydrogen-bond donors (Lipinski definition) is 2. The molecule has 2 atom stereocenters. The highest BCUT2D eigenvalue weighted by molar-refractivity contribution is 5.92. The summed E-state index contributed by atoms with van der Waals surface area (Å²) in [6, 6.07) is 8.28. The number of aliphatic hydroxyl groups is 1. The van der Waals surface area contributed by atoms with E-state index < -0.39 is 0 Å². The number of carbonyl (C=O) groups excluding carboxylic acids is 1. The van der Waals surface area contributed by atoms with E-state index in [1.165, 1.54) is 5.56 Å². The Morgan fingerprint density at radius 1 is 1.33 bits per heavy atom. The van der Waals surface area contributed by atoms with Crippen LogP contribution in [-0.2, 0) is 4.79 Å². The Kier molecular flexibility index (Phi) is 4.52. The molecule has 21 heavy (non-hydrogen) atoms. The third-order valence-electron chi connectivity index (χ3n) is 4.56. The smallest absolute Gasteiger partial charge is 0.244 e. The van der Waals surface area contributed by atoms with Crippen LogP contribution in [-0.4, -0.2) is 23.2 Å². The minimum absolute atomic E-state index is 0.0490. The van der Waals surface area contributed by atoms with Gasteiger partial charge in [0.15, 0.2) is 0 Å². The van der Waals surface area contributed by atoms with Gasteiger partial charge < -0.3 is 10.4 Å². The Balaban J connectivity index is 1.90. The fraction of sp³-hybridized carbons (Fsp3) is 0.500. The molecule has 0 radical (unpaired) electrons. The van der Waals surface area contributed by atoms with Crippen LogP contribution in [0, 0.1) is 5.41 Å². The molecule has 1 aliphatic rings. The summed E-state index contributed by atoms with van der Waals surface area (Å²) in [5, 5.41) is 12.6. The monoisotopic (exact) mass is 287 g/mol. The molecule has 3 nitrogen and oxygen atoms in total. The highest BCUT2D eigenvalue weighted by Crippen LogP contribution is 2.40. The molecule has 0 spiro atoms. The van der Waals surface area contributed by atoms with E-state index in [4.69, 9.17) is 0 Å². The van der Waals surface area contributed by atoms with Crippen molar-refractivity contribution in [3.8, 4) is 0 Å². The number of amides is 1. The molecule has 1 saturated carbocycles. The summed E-state index contributed by atoms with van der Waals surface area (Å²) in [7, 11) is 0. The van der Waals surface area contributed by atoms with Gasteiger partial charge in [0.2, 0.25) is 5.91 Å². The SMILES string of the molecule is CC(C)c1ccc(/C=C/C(=O)NC2CC(O)C2(C)C)cc1. The summed E-state index contributed by atoms with van der Waals surface area (Å²) in [5.41, 5.74) is 2.08. The van der Waals surface area contributed by atoms with Gasteiger partial charge in [-0.25, -0.2) is 0 Å². The molecule has 0 bridgehead atoms. The summed E-state index contributed by atoms with van der Waals surface area (Å²) < 4.78 is 0. The average molecular weight is 287 g/mol. The quantitative estimate of drug-likeness (QED) is 0.836. The van der Waals surface area contributed by atoms with E-state index in [1.54, 1.807) is 6.08 Å². The second-order valence-electron chi connectivity index (χ2n) is 6.79. The molecule has 1 aromatic carbocycles. The second kappa shape index (κ2) is 6.02. The zero-order chi connectivity index (χ0) is 15.6. The van der Waals surface area contributed by atoms with Crippen molar-refractivity contribution in [2.24, 2.45) is 5.41 Å². The highest BCUT2D eigenvalue weighted by Gasteiger charge is 2.47. The van der Waals surface area contributed by atoms with Gasteiger partial charge in [0.1, 0.15) is 0 Å². The van der Waals surface area contributed by atoms with Gasteiger partial charge in [-0.05, 0) is 29.5 Å². The van der Waals surface area contributed by atoms with E-state index in [0.717, 1.165) is 5.56 Å². The van der Waals surface area contributed by atoms with Crippen LogP contribution in [0.1, 0.15) is 51.2 Å². The van der Waals surface area contributed by atoms with Crippen LogP contribution in [0.5, 0.6) is 0 Å². The third-order valence-corrected chi connectivity index (χ3v) is 4.56. The molecule has 1 aromatic rings. The Hall–Kier alpha value is -1.61. The molecule has 2 unspecified atom stereocenters. The lowest BCUT2D eigenvalue weighted by Crippen LogP contribution is -2.60. The highest BCUT2D eigenvalue weighted by atomic mass is 16.3. The van der Waals surface area contributed by atoms with Gasteiger partial charge >= 0.3 is 0 Å². The summed E-state index contributed by atoms with van der Waals surface area (Å²) in [6.45, 7) is 8.26. The van der Waals surface area contributed by atoms with E-state index >= 15 is 0 Å². The zero-order valence-corrected chi connectivity index (χ0v) is 13.3. The lowest BCUT2D eigenvalue weighted by Gasteiger charge is -2.49. The summed E-state index contributed by atoms with van der Waals surface area (Å²) in [5.74, 6) is 0.409. The van der Waals surface area contributed by atoms with Gasteiger partial charge in [-0.15, -0.1) is 0 Å². The van der Waals surface area contributed by atoms with Crippen molar-refractivity contribution in [2.75, 3.05) is 0 Å². The molecule has 0 heterocycles. The Morgan fingerprint density at radius 3 is 2.43 bits per heavy atom. The Morgan fingerprint density at radius 2 is 1.95 bits per heavy atom. The predicted octanol–water partition coefficient (Wildman–Crippen LogP) is 3.10. The molecule has 1 aliphatic carbocycles. The van der Waals surface area contributed by atoms with Crippen molar-refractivity contribution in [3.05, 3.63) is 41.5 Å². The molecule has 3 heteroatoms. The van der Waals surface area contributed by atoms with Crippen LogP contribution >= 0.6 is 0 Å². The summed E-state index contributed by atoms with van der Waals surface area (Å²) in [6.07, 6.45) is 3.69. The lowest BCUT2D eigenvalue weighted by molar-refractivity contribution is -0.124. The second-order valence-corrected chi connectivity index (χ2v) is 6.79. The lowest BCUT2D eigenvalue weighted by atomic mass is 9.64. The number of benzene rings is 1. The van der Waals surface area contributed by atoms with Gasteiger partial charge in [-0.1, -0.05) is 52.0 Å². The van der Waals surface area contributed by atoms with E-state index in [-0.39, 0.29) is 23.5 Å². The minimum Gasteiger partial charge on any atom is -0.392 e. The van der Waals surface area contributed by atoms with Crippen LogP contribution in [0.15, 0.2) is 30.3 Å². The first-order valence-corrected chi connectivity index (χ1v) is 7.57. The van der Waals surface area contributed by atoms with Gasteiger partial charge in [0, 0.05) is 17.5 Å². The van der Waals surface area contributed by atoms with E-state index in [9.17, 15) is 9.90 Å². The van der Waals surface area contributed by atoms with Gasteiger partial charge in [-0.3, -0.25) is 4.79 Å². The normalized spacial score (nSPS) is 24.1. The maximum atomic E-state index is 11.9. The van der Waals surface area contributed by atoms with Gasteiger partial charge in [0.25, 0.3) is 0 Å². The van der Waals surface area contributed by atoms with Gasteiger partial charge in [-0.2, -0.15) is 0 Å². The number of aliphatic hydroxyl groups excluding tert-OH is 1. The van der Waals surface area contributed by atoms with Crippen LogP contribution in [0.3, 0.4) is 0 Å². The third kappa shape index (κ3) is 3.53. The topological polar surface area (TPSA) is 49.3 Å². The largest absolute Gasteiger partial charge is 0.392 e. The van der Waals surface area contributed by atoms with Crippen molar-refractivity contribution in [3.63, 3.8) is 0 Å². The Labute approximate surface area is 127 Å². The molecular weight excluding hydrogens is 262 g/mol. The number of hydrogen-bond acceptors (Lipinski definition) is 2. The minimum atomic E-state index is -0.324. The van der Waals surface area contributed by atoms with Crippen molar-refractivity contribution in [1.29, 1.82) is 0 Å². The van der Waals surface area contributed by atoms with Crippen LogP contribution in [0.4, 0.5) is 0 Å². The molecule has 0 aliphatic heterocycles. The predicted molar refractivity (Wildman–Crippen MR) is 85.9 cm³/mol. The summed E-state index contributed by atoms with van der Waals surface area (Å²) in [4.78, 5) is 11.9. The molecule has 2 rings (SSSR count). The fourth-order valence-electron chi connectivity index (χ4n) is 2.53. The van der Waals surface area contributed by atoms with Crippen molar-refractivity contribution in [2.45, 2.75) is 52.2 Å². The van der Waals surface area contributed by atoms with Crippen molar-refractivity contribution < 1.29 is 9.90 Å². The molecule has 2 N–H and O–H groups in total. The molecule has 0 aromatic heterocycles. The first kappa shape index (κ1) is 15.8. The standard InChI is InChI=1S/C18H25NO2/c1-12(2)14-8-5-13(6-9-14)7-10-17(21)19-15-11-16(20)18(15,3)4/h5-10,12,15-16,20H,11H2,1-4H3,(H,19,21)/b10-7+. The first-order chi connectivity index (χ1) is 9.80. The van der Waals surface area contributed by atoms with E-state index in [0.29, 0.717) is 12.3 Å². The number of rotatable bonds is 4. The molecule has 114 valence electrons.